The summed E-state index contributed by atoms with van der Waals surface area (Å²) in [4.78, 5) is 57.8. The van der Waals surface area contributed by atoms with E-state index in [-0.39, 0.29) is 5.91 Å². The lowest BCUT2D eigenvalue weighted by atomic mass is 10.0. The number of carbonyl (C=O) groups excluding carboxylic acids is 4. The SMILES string of the molecule is CCCCCCCCCCCCCCCC(=O)N[C@@H](C)C(=O)NCC(=O)N[C@@H](CC(N)=O)C(=O)O. The number of aliphatic carboxylic acids is 1. The molecule has 0 spiro atoms. The van der Waals surface area contributed by atoms with E-state index in [1.807, 2.05) is 0 Å². The van der Waals surface area contributed by atoms with Crippen LogP contribution in [0.3, 0.4) is 0 Å². The van der Waals surface area contributed by atoms with Crippen molar-refractivity contribution in [2.45, 2.75) is 122 Å². The standard InChI is InChI=1S/C25H46N4O6/c1-3-4-5-6-7-8-9-10-11-12-13-14-15-16-22(31)28-19(2)24(33)27-18-23(32)29-20(25(34)35)17-21(26)30/h19-20H,3-18H2,1-2H3,(H2,26,30)(H,27,33)(H,28,31)(H,29,32)(H,34,35)/t19-,20-/m0/s1. The van der Waals surface area contributed by atoms with Crippen LogP contribution in [0.15, 0.2) is 0 Å². The summed E-state index contributed by atoms with van der Waals surface area (Å²) >= 11 is 0. The van der Waals surface area contributed by atoms with Crippen molar-refractivity contribution in [3.63, 3.8) is 0 Å². The molecule has 0 aromatic carbocycles. The normalized spacial score (nSPS) is 12.4. The summed E-state index contributed by atoms with van der Waals surface area (Å²) in [6.45, 7) is 3.25. The van der Waals surface area contributed by atoms with Crippen LogP contribution >= 0.6 is 0 Å². The first kappa shape index (κ1) is 32.4. The molecule has 0 fully saturated rings. The van der Waals surface area contributed by atoms with Crippen LogP contribution in [0, 0.1) is 0 Å². The Labute approximate surface area is 209 Å². The monoisotopic (exact) mass is 498 g/mol. The molecule has 35 heavy (non-hydrogen) atoms. The molecule has 0 saturated heterocycles. The van der Waals surface area contributed by atoms with Crippen LogP contribution < -0.4 is 21.7 Å². The number of nitrogens with one attached hydrogen (secondary N) is 3. The minimum atomic E-state index is -1.46. The number of amides is 4. The van der Waals surface area contributed by atoms with Gasteiger partial charge in [-0.3, -0.25) is 19.2 Å². The van der Waals surface area contributed by atoms with Gasteiger partial charge in [-0.15, -0.1) is 0 Å². The zero-order chi connectivity index (χ0) is 26.5. The summed E-state index contributed by atoms with van der Waals surface area (Å²) < 4.78 is 0. The maximum Gasteiger partial charge on any atom is 0.326 e. The molecule has 6 N–H and O–H groups in total. The molecule has 0 radical (unpaired) electrons. The highest BCUT2D eigenvalue weighted by atomic mass is 16.4. The van der Waals surface area contributed by atoms with Crippen LogP contribution in [0.4, 0.5) is 0 Å². The van der Waals surface area contributed by atoms with Gasteiger partial charge in [-0.05, 0) is 13.3 Å². The molecule has 10 heteroatoms. The molecule has 0 bridgehead atoms. The Morgan fingerprint density at radius 1 is 0.743 bits per heavy atom. The van der Waals surface area contributed by atoms with E-state index < -0.39 is 48.7 Å². The van der Waals surface area contributed by atoms with Crippen LogP contribution in [-0.4, -0.2) is 53.3 Å². The molecule has 0 aliphatic heterocycles. The smallest absolute Gasteiger partial charge is 0.326 e. The predicted octanol–water partition coefficient (Wildman–Crippen LogP) is 2.53. The van der Waals surface area contributed by atoms with Crippen molar-refractivity contribution in [2.75, 3.05) is 6.54 Å². The largest absolute Gasteiger partial charge is 0.480 e. The van der Waals surface area contributed by atoms with Crippen molar-refractivity contribution < 1.29 is 29.1 Å². The van der Waals surface area contributed by atoms with Crippen molar-refractivity contribution >= 4 is 29.6 Å². The molecule has 4 amide bonds. The van der Waals surface area contributed by atoms with Gasteiger partial charge in [-0.25, -0.2) is 4.79 Å². The zero-order valence-electron chi connectivity index (χ0n) is 21.5. The van der Waals surface area contributed by atoms with Gasteiger partial charge in [0, 0.05) is 6.42 Å². The summed E-state index contributed by atoms with van der Waals surface area (Å²) in [5, 5.41) is 16.0. The van der Waals surface area contributed by atoms with E-state index in [0.717, 1.165) is 19.3 Å². The number of hydrogen-bond donors (Lipinski definition) is 5. The van der Waals surface area contributed by atoms with Gasteiger partial charge in [0.25, 0.3) is 0 Å². The Bertz CT molecular complexity index is 656. The van der Waals surface area contributed by atoms with Gasteiger partial charge in [-0.1, -0.05) is 84.0 Å². The van der Waals surface area contributed by atoms with Gasteiger partial charge >= 0.3 is 5.97 Å². The van der Waals surface area contributed by atoms with Gasteiger partial charge in [0.2, 0.25) is 23.6 Å². The van der Waals surface area contributed by atoms with E-state index in [1.165, 1.54) is 71.1 Å². The fraction of sp³-hybridized carbons (Fsp3) is 0.800. The summed E-state index contributed by atoms with van der Waals surface area (Å²) in [7, 11) is 0. The highest BCUT2D eigenvalue weighted by Crippen LogP contribution is 2.12. The molecule has 2 atom stereocenters. The number of carbonyl (C=O) groups is 5. The highest BCUT2D eigenvalue weighted by Gasteiger charge is 2.23. The van der Waals surface area contributed by atoms with E-state index >= 15 is 0 Å². The lowest BCUT2D eigenvalue weighted by molar-refractivity contribution is -0.143. The fourth-order valence-electron chi connectivity index (χ4n) is 3.65. The zero-order valence-corrected chi connectivity index (χ0v) is 21.5. The molecule has 0 heterocycles. The molecule has 10 nitrogen and oxygen atoms in total. The summed E-state index contributed by atoms with van der Waals surface area (Å²) in [5.74, 6) is -3.86. The molecule has 0 aromatic rings. The third kappa shape index (κ3) is 19.4. The Kier molecular flexibility index (Phi) is 19.1. The van der Waals surface area contributed by atoms with Gasteiger partial charge in [-0.2, -0.15) is 0 Å². The second kappa shape index (κ2) is 20.7. The van der Waals surface area contributed by atoms with Crippen LogP contribution in [-0.2, 0) is 24.0 Å². The molecule has 0 aromatic heterocycles. The van der Waals surface area contributed by atoms with Gasteiger partial charge < -0.3 is 26.8 Å². The number of primary amides is 1. The Morgan fingerprint density at radius 3 is 1.69 bits per heavy atom. The van der Waals surface area contributed by atoms with E-state index in [4.69, 9.17) is 10.8 Å². The van der Waals surface area contributed by atoms with Crippen molar-refractivity contribution in [3.8, 4) is 0 Å². The number of rotatable bonds is 22. The van der Waals surface area contributed by atoms with Crippen molar-refractivity contribution in [1.29, 1.82) is 0 Å². The number of nitrogens with two attached hydrogens (primary N) is 1. The fourth-order valence-corrected chi connectivity index (χ4v) is 3.65. The molecule has 0 saturated carbocycles. The average molecular weight is 499 g/mol. The van der Waals surface area contributed by atoms with E-state index in [0.29, 0.717) is 6.42 Å². The number of unbranched alkanes of at least 4 members (excludes halogenated alkanes) is 12. The average Bonchev–Trinajstić information content (AvgIpc) is 2.79. The first-order valence-electron chi connectivity index (χ1n) is 13.0. The number of hydrogen-bond acceptors (Lipinski definition) is 5. The summed E-state index contributed by atoms with van der Waals surface area (Å²) in [5.41, 5.74) is 4.95. The minimum Gasteiger partial charge on any atom is -0.480 e. The van der Waals surface area contributed by atoms with E-state index in [2.05, 4.69) is 22.9 Å². The first-order valence-corrected chi connectivity index (χ1v) is 13.0. The van der Waals surface area contributed by atoms with Crippen LogP contribution in [0.25, 0.3) is 0 Å². The van der Waals surface area contributed by atoms with Crippen molar-refractivity contribution in [2.24, 2.45) is 5.73 Å². The third-order valence-electron chi connectivity index (χ3n) is 5.74. The second-order valence-corrected chi connectivity index (χ2v) is 9.13. The van der Waals surface area contributed by atoms with Gasteiger partial charge in [0.05, 0.1) is 13.0 Å². The molecular weight excluding hydrogens is 452 g/mol. The lowest BCUT2D eigenvalue weighted by Gasteiger charge is -2.16. The topological polar surface area (TPSA) is 168 Å². The molecule has 0 aliphatic carbocycles. The maximum absolute atomic E-state index is 12.1. The Balaban J connectivity index is 3.83. The first-order chi connectivity index (χ1) is 16.7. The second-order valence-electron chi connectivity index (χ2n) is 9.13. The van der Waals surface area contributed by atoms with Crippen LogP contribution in [0.1, 0.15) is 110 Å². The quantitative estimate of drug-likeness (QED) is 0.144. The van der Waals surface area contributed by atoms with Crippen molar-refractivity contribution in [3.05, 3.63) is 0 Å². The van der Waals surface area contributed by atoms with Crippen LogP contribution in [0.5, 0.6) is 0 Å². The highest BCUT2D eigenvalue weighted by molar-refractivity contribution is 5.92. The summed E-state index contributed by atoms with van der Waals surface area (Å²) in [6, 6.07) is -2.30. The van der Waals surface area contributed by atoms with E-state index in [9.17, 15) is 24.0 Å². The third-order valence-corrected chi connectivity index (χ3v) is 5.74. The van der Waals surface area contributed by atoms with Gasteiger partial charge in [0.1, 0.15) is 12.1 Å². The lowest BCUT2D eigenvalue weighted by Crippen LogP contribution is -2.50. The summed E-state index contributed by atoms with van der Waals surface area (Å²) in [6.07, 6.45) is 15.7. The predicted molar refractivity (Wildman–Crippen MR) is 134 cm³/mol. The maximum atomic E-state index is 12.1. The number of carboxylic acid groups (broad SMARTS) is 1. The van der Waals surface area contributed by atoms with E-state index in [1.54, 1.807) is 0 Å². The van der Waals surface area contributed by atoms with Crippen LogP contribution in [0.2, 0.25) is 0 Å². The molecular formula is C25H46N4O6. The molecule has 0 unspecified atom stereocenters. The minimum absolute atomic E-state index is 0.229. The molecule has 0 aliphatic rings. The Morgan fingerprint density at radius 2 is 1.23 bits per heavy atom. The van der Waals surface area contributed by atoms with Crippen molar-refractivity contribution in [1.82, 2.24) is 16.0 Å². The molecule has 0 rings (SSSR count). The Hall–Kier alpha value is -2.65. The number of carboxylic acids is 1. The van der Waals surface area contributed by atoms with Gasteiger partial charge in [0.15, 0.2) is 0 Å². The molecule has 202 valence electrons.